The summed E-state index contributed by atoms with van der Waals surface area (Å²) in [6.07, 6.45) is 4.73. The van der Waals surface area contributed by atoms with Gasteiger partial charge in [0.25, 0.3) is 0 Å². The highest BCUT2D eigenvalue weighted by molar-refractivity contribution is 6.04. The summed E-state index contributed by atoms with van der Waals surface area (Å²) in [6, 6.07) is 9.84. The Morgan fingerprint density at radius 2 is 1.94 bits per heavy atom. The number of fused-ring (bicyclic) bond motifs is 1. The van der Waals surface area contributed by atoms with Gasteiger partial charge in [-0.2, -0.15) is 0 Å². The topological polar surface area (TPSA) is 61.6 Å². The minimum Gasteiger partial charge on any atom is -0.356 e. The van der Waals surface area contributed by atoms with Crippen molar-refractivity contribution in [3.8, 4) is 0 Å². The van der Waals surface area contributed by atoms with Gasteiger partial charge in [0.2, 0.25) is 5.91 Å². The van der Waals surface area contributed by atoms with Crippen LogP contribution in [0.5, 0.6) is 0 Å². The molecule has 1 aromatic heterocycles. The average Bonchev–Trinajstić information content (AvgIpc) is 3.19. The Bertz CT molecular complexity index is 1090. The molecule has 0 unspecified atom stereocenters. The van der Waals surface area contributed by atoms with Gasteiger partial charge in [0.05, 0.1) is 12.1 Å². The summed E-state index contributed by atoms with van der Waals surface area (Å²) in [6.45, 7) is 2.99. The van der Waals surface area contributed by atoms with Gasteiger partial charge in [-0.3, -0.25) is 4.79 Å². The Morgan fingerprint density at radius 1 is 1.21 bits per heavy atom. The first-order valence-electron chi connectivity index (χ1n) is 11.7. The Labute approximate surface area is 195 Å². The van der Waals surface area contributed by atoms with Crippen LogP contribution in [0.4, 0.5) is 10.1 Å². The molecule has 0 aliphatic carbocycles. The molecule has 0 spiro atoms. The lowest BCUT2D eigenvalue weighted by Gasteiger charge is -2.29. The van der Waals surface area contributed by atoms with Gasteiger partial charge in [-0.15, -0.1) is 0 Å². The molecule has 1 fully saturated rings. The SMILES string of the molecule is BN1CCC(CCc2noc3c(CN(C)C)c(CC(=O)Nc4ccc(F)cc4)ccc23)CC1. The van der Waals surface area contributed by atoms with Crippen LogP contribution in [0, 0.1) is 11.7 Å². The first-order chi connectivity index (χ1) is 15.9. The minimum absolute atomic E-state index is 0.150. The molecular weight excluding hydrogens is 418 g/mol. The van der Waals surface area contributed by atoms with Gasteiger partial charge in [0.1, 0.15) is 5.82 Å². The number of piperidine rings is 1. The van der Waals surface area contributed by atoms with Crippen molar-refractivity contribution in [3.05, 3.63) is 59.0 Å². The largest absolute Gasteiger partial charge is 0.356 e. The third-order valence-electron chi connectivity index (χ3n) is 6.50. The zero-order valence-electron chi connectivity index (χ0n) is 19.7. The van der Waals surface area contributed by atoms with Gasteiger partial charge >= 0.3 is 0 Å². The van der Waals surface area contributed by atoms with E-state index in [2.05, 4.69) is 28.2 Å². The number of benzene rings is 2. The molecule has 2 heterocycles. The quantitative estimate of drug-likeness (QED) is 0.533. The number of rotatable bonds is 8. The number of amides is 1. The molecule has 0 atom stereocenters. The zero-order chi connectivity index (χ0) is 23.4. The molecule has 174 valence electrons. The van der Waals surface area contributed by atoms with Crippen LogP contribution in [-0.2, 0) is 24.2 Å². The van der Waals surface area contributed by atoms with Gasteiger partial charge in [-0.1, -0.05) is 11.2 Å². The predicted octanol–water partition coefficient (Wildman–Crippen LogP) is 3.40. The molecule has 0 bridgehead atoms. The van der Waals surface area contributed by atoms with E-state index in [0.29, 0.717) is 12.2 Å². The van der Waals surface area contributed by atoms with Crippen molar-refractivity contribution < 1.29 is 13.7 Å². The molecule has 0 saturated carbocycles. The molecule has 8 heteroatoms. The van der Waals surface area contributed by atoms with Crippen molar-refractivity contribution in [2.75, 3.05) is 32.5 Å². The third kappa shape index (κ3) is 6.00. The minimum atomic E-state index is -0.330. The van der Waals surface area contributed by atoms with Crippen LogP contribution < -0.4 is 5.32 Å². The van der Waals surface area contributed by atoms with Gasteiger partial charge in [0, 0.05) is 23.2 Å². The fraction of sp³-hybridized carbons (Fsp3) is 0.440. The van der Waals surface area contributed by atoms with E-state index in [1.165, 1.54) is 38.1 Å². The maximum atomic E-state index is 13.1. The average molecular weight is 450 g/mol. The molecule has 1 amide bonds. The Hall–Kier alpha value is -2.71. The number of carbonyl (C=O) groups is 1. The summed E-state index contributed by atoms with van der Waals surface area (Å²) in [5, 5.41) is 8.31. The second kappa shape index (κ2) is 10.5. The predicted molar refractivity (Wildman–Crippen MR) is 131 cm³/mol. The van der Waals surface area contributed by atoms with E-state index in [-0.39, 0.29) is 18.1 Å². The van der Waals surface area contributed by atoms with Crippen LogP contribution in [0.25, 0.3) is 11.0 Å². The van der Waals surface area contributed by atoms with Crippen LogP contribution in [0.2, 0.25) is 0 Å². The van der Waals surface area contributed by atoms with Gasteiger partial charge in [0.15, 0.2) is 13.6 Å². The summed E-state index contributed by atoms with van der Waals surface area (Å²) < 4.78 is 19.0. The standard InChI is InChI=1S/C25H32BFN4O2/c1-30(2)16-22-18(15-24(32)28-20-7-5-19(27)6-8-20)4-9-21-23(29-33-25(21)22)10-3-17-11-13-31(26)14-12-17/h4-9,17H,3,10-16,26H2,1-2H3,(H,28,32). The normalized spacial score (nSPS) is 15.4. The van der Waals surface area contributed by atoms with E-state index in [4.69, 9.17) is 4.52 Å². The van der Waals surface area contributed by atoms with Crippen LogP contribution >= 0.6 is 0 Å². The fourth-order valence-corrected chi connectivity index (χ4v) is 4.59. The number of anilines is 1. The number of carbonyl (C=O) groups excluding carboxylic acids is 1. The van der Waals surface area contributed by atoms with Crippen LogP contribution in [-0.4, -0.2) is 55.9 Å². The Balaban J connectivity index is 1.50. The fourth-order valence-electron chi connectivity index (χ4n) is 4.59. The highest BCUT2D eigenvalue weighted by Crippen LogP contribution is 2.29. The molecular formula is C25H32BFN4O2. The second-order valence-electron chi connectivity index (χ2n) is 9.46. The number of halogens is 1. The van der Waals surface area contributed by atoms with Crippen molar-refractivity contribution in [1.82, 2.24) is 14.9 Å². The summed E-state index contributed by atoms with van der Waals surface area (Å²) in [7, 11) is 6.18. The summed E-state index contributed by atoms with van der Waals surface area (Å²) >= 11 is 0. The molecule has 1 saturated heterocycles. The summed E-state index contributed by atoms with van der Waals surface area (Å²) in [5.74, 6) is 0.260. The summed E-state index contributed by atoms with van der Waals surface area (Å²) in [4.78, 5) is 17.1. The van der Waals surface area contributed by atoms with Crippen molar-refractivity contribution >= 4 is 30.5 Å². The van der Waals surface area contributed by atoms with Crippen molar-refractivity contribution in [3.63, 3.8) is 0 Å². The highest BCUT2D eigenvalue weighted by Gasteiger charge is 2.21. The third-order valence-corrected chi connectivity index (χ3v) is 6.50. The molecule has 3 aromatic rings. The van der Waals surface area contributed by atoms with Crippen LogP contribution in [0.1, 0.15) is 36.1 Å². The van der Waals surface area contributed by atoms with E-state index in [9.17, 15) is 9.18 Å². The zero-order valence-corrected chi connectivity index (χ0v) is 19.7. The molecule has 4 rings (SSSR count). The molecule has 1 aliphatic heterocycles. The molecule has 33 heavy (non-hydrogen) atoms. The molecule has 1 N–H and O–H groups in total. The van der Waals surface area contributed by atoms with Crippen LogP contribution in [0.3, 0.4) is 0 Å². The van der Waals surface area contributed by atoms with E-state index in [1.807, 2.05) is 26.2 Å². The molecule has 0 radical (unpaired) electrons. The number of aryl methyl sites for hydroxylation is 1. The molecule has 1 aliphatic rings. The van der Waals surface area contributed by atoms with Gasteiger partial charge in [-0.25, -0.2) is 4.39 Å². The van der Waals surface area contributed by atoms with E-state index in [0.717, 1.165) is 46.5 Å². The maximum Gasteiger partial charge on any atom is 0.228 e. The van der Waals surface area contributed by atoms with E-state index >= 15 is 0 Å². The number of hydrogen-bond acceptors (Lipinski definition) is 5. The van der Waals surface area contributed by atoms with E-state index in [1.54, 1.807) is 12.1 Å². The highest BCUT2D eigenvalue weighted by atomic mass is 19.1. The number of aromatic nitrogens is 1. The number of nitrogens with one attached hydrogen (secondary N) is 1. The van der Waals surface area contributed by atoms with Crippen molar-refractivity contribution in [2.24, 2.45) is 5.92 Å². The van der Waals surface area contributed by atoms with Gasteiger partial charge in [-0.05, 0) is 94.7 Å². The summed E-state index contributed by atoms with van der Waals surface area (Å²) in [5.41, 5.74) is 4.26. The second-order valence-corrected chi connectivity index (χ2v) is 9.46. The maximum absolute atomic E-state index is 13.1. The number of hydrogen-bond donors (Lipinski definition) is 1. The monoisotopic (exact) mass is 450 g/mol. The van der Waals surface area contributed by atoms with Crippen molar-refractivity contribution in [1.29, 1.82) is 0 Å². The van der Waals surface area contributed by atoms with Crippen LogP contribution in [0.15, 0.2) is 40.9 Å². The first-order valence-corrected chi connectivity index (χ1v) is 11.7. The number of nitrogens with zero attached hydrogens (tertiary/aromatic N) is 3. The lowest BCUT2D eigenvalue weighted by atomic mass is 9.90. The van der Waals surface area contributed by atoms with Crippen molar-refractivity contribution in [2.45, 2.75) is 38.6 Å². The molecule has 6 nitrogen and oxygen atoms in total. The lowest BCUT2D eigenvalue weighted by molar-refractivity contribution is -0.115. The lowest BCUT2D eigenvalue weighted by Crippen LogP contribution is -2.31. The smallest absolute Gasteiger partial charge is 0.228 e. The molecule has 2 aromatic carbocycles. The Kier molecular flexibility index (Phi) is 7.45. The van der Waals surface area contributed by atoms with E-state index < -0.39 is 0 Å². The Morgan fingerprint density at radius 3 is 2.64 bits per heavy atom. The first kappa shape index (κ1) is 23.5. The van der Waals surface area contributed by atoms with Gasteiger partial charge < -0.3 is 19.6 Å².